The van der Waals surface area contributed by atoms with Crippen LogP contribution < -0.4 is 5.32 Å². The van der Waals surface area contributed by atoms with Crippen LogP contribution in [0.2, 0.25) is 0 Å². The molecule has 1 rings (SSSR count). The van der Waals surface area contributed by atoms with Crippen LogP contribution in [0.15, 0.2) is 60.8 Å². The molecule has 0 saturated carbocycles. The van der Waals surface area contributed by atoms with E-state index >= 15 is 0 Å². The molecular formula is C59H107NO8. The first-order valence-electron chi connectivity index (χ1n) is 28.5. The summed E-state index contributed by atoms with van der Waals surface area (Å²) >= 11 is 0. The summed E-state index contributed by atoms with van der Waals surface area (Å²) in [4.78, 5) is 13.0. The minimum Gasteiger partial charge on any atom is -0.394 e. The quantitative estimate of drug-likeness (QED) is 0.0261. The Hall–Kier alpha value is -2.11. The molecule has 1 saturated heterocycles. The molecular weight excluding hydrogens is 851 g/mol. The number of hydrogen-bond donors (Lipinski definition) is 6. The molecule has 0 aromatic heterocycles. The molecule has 0 aromatic carbocycles. The van der Waals surface area contributed by atoms with Gasteiger partial charge in [-0.2, -0.15) is 0 Å². The monoisotopic (exact) mass is 958 g/mol. The Kier molecular flexibility index (Phi) is 45.6. The van der Waals surface area contributed by atoms with Gasteiger partial charge in [0.25, 0.3) is 0 Å². The van der Waals surface area contributed by atoms with E-state index < -0.39 is 49.5 Å². The topological polar surface area (TPSA) is 149 Å². The largest absolute Gasteiger partial charge is 0.394 e. The number of unbranched alkanes of at least 4 members (excludes halogenated alkanes) is 30. The molecule has 0 aromatic rings. The molecule has 7 atom stereocenters. The summed E-state index contributed by atoms with van der Waals surface area (Å²) < 4.78 is 11.2. The van der Waals surface area contributed by atoms with Crippen molar-refractivity contribution in [1.82, 2.24) is 5.32 Å². The third kappa shape index (κ3) is 37.7. The minimum absolute atomic E-state index is 0.190. The van der Waals surface area contributed by atoms with Gasteiger partial charge in [-0.05, 0) is 77.0 Å². The highest BCUT2D eigenvalue weighted by Gasteiger charge is 2.44. The highest BCUT2D eigenvalue weighted by atomic mass is 16.7. The van der Waals surface area contributed by atoms with E-state index in [0.717, 1.165) is 57.8 Å². The summed E-state index contributed by atoms with van der Waals surface area (Å²) in [7, 11) is 0. The maximum Gasteiger partial charge on any atom is 0.220 e. The van der Waals surface area contributed by atoms with Crippen LogP contribution in [0.1, 0.15) is 251 Å². The number of allylic oxidation sites excluding steroid dienone is 9. The lowest BCUT2D eigenvalue weighted by Crippen LogP contribution is -2.60. The Labute approximate surface area is 417 Å². The van der Waals surface area contributed by atoms with E-state index in [1.54, 1.807) is 6.08 Å². The summed E-state index contributed by atoms with van der Waals surface area (Å²) in [6.07, 6.45) is 58.6. The molecule has 6 N–H and O–H groups in total. The van der Waals surface area contributed by atoms with Gasteiger partial charge in [0.05, 0.1) is 25.4 Å². The molecule has 9 heteroatoms. The lowest BCUT2D eigenvalue weighted by atomic mass is 9.99. The Morgan fingerprint density at radius 3 is 1.32 bits per heavy atom. The van der Waals surface area contributed by atoms with Crippen molar-refractivity contribution in [2.75, 3.05) is 13.2 Å². The van der Waals surface area contributed by atoms with Crippen LogP contribution in [-0.4, -0.2) is 87.5 Å². The van der Waals surface area contributed by atoms with Crippen molar-refractivity contribution in [1.29, 1.82) is 0 Å². The molecule has 1 heterocycles. The number of aliphatic hydroxyl groups excluding tert-OH is 5. The first kappa shape index (κ1) is 63.9. The van der Waals surface area contributed by atoms with Gasteiger partial charge in [-0.3, -0.25) is 4.79 Å². The first-order chi connectivity index (χ1) is 33.3. The summed E-state index contributed by atoms with van der Waals surface area (Å²) in [5, 5.41) is 54.4. The number of aliphatic hydroxyl groups is 5. The molecule has 0 spiro atoms. The number of amides is 1. The normalized spacial score (nSPS) is 20.0. The van der Waals surface area contributed by atoms with E-state index in [1.165, 1.54) is 173 Å². The molecule has 68 heavy (non-hydrogen) atoms. The van der Waals surface area contributed by atoms with E-state index in [-0.39, 0.29) is 12.5 Å². The van der Waals surface area contributed by atoms with Crippen LogP contribution in [0, 0.1) is 0 Å². The van der Waals surface area contributed by atoms with E-state index in [2.05, 4.69) is 67.8 Å². The maximum absolute atomic E-state index is 13.0. The van der Waals surface area contributed by atoms with E-state index in [1.807, 2.05) is 6.08 Å². The zero-order valence-corrected chi connectivity index (χ0v) is 43.9. The predicted molar refractivity (Wildman–Crippen MR) is 286 cm³/mol. The van der Waals surface area contributed by atoms with Crippen molar-refractivity contribution < 1.29 is 39.8 Å². The van der Waals surface area contributed by atoms with Crippen molar-refractivity contribution in [2.45, 2.75) is 294 Å². The van der Waals surface area contributed by atoms with Crippen molar-refractivity contribution in [3.63, 3.8) is 0 Å². The molecule has 396 valence electrons. The maximum atomic E-state index is 13.0. The van der Waals surface area contributed by atoms with Crippen LogP contribution in [0.3, 0.4) is 0 Å². The number of carbonyl (C=O) groups is 1. The Bertz CT molecular complexity index is 1250. The van der Waals surface area contributed by atoms with E-state index in [9.17, 15) is 30.3 Å². The summed E-state index contributed by atoms with van der Waals surface area (Å²) in [5.41, 5.74) is 0. The Morgan fingerprint density at radius 2 is 0.882 bits per heavy atom. The second kappa shape index (κ2) is 48.5. The lowest BCUT2D eigenvalue weighted by Gasteiger charge is -2.40. The number of hydrogen-bond acceptors (Lipinski definition) is 8. The lowest BCUT2D eigenvalue weighted by molar-refractivity contribution is -0.302. The van der Waals surface area contributed by atoms with Gasteiger partial charge in [0.2, 0.25) is 5.91 Å². The van der Waals surface area contributed by atoms with Crippen LogP contribution in [-0.2, 0) is 14.3 Å². The third-order valence-corrected chi connectivity index (χ3v) is 13.3. The summed E-state index contributed by atoms with van der Waals surface area (Å²) in [6, 6.07) is -0.829. The number of carbonyl (C=O) groups excluding carboxylic acids is 1. The molecule has 7 unspecified atom stereocenters. The zero-order valence-electron chi connectivity index (χ0n) is 43.9. The Balaban J connectivity index is 2.20. The zero-order chi connectivity index (χ0) is 49.4. The Morgan fingerprint density at radius 1 is 0.500 bits per heavy atom. The average molecular weight is 959 g/mol. The van der Waals surface area contributed by atoms with Gasteiger partial charge in [0.15, 0.2) is 6.29 Å². The summed E-state index contributed by atoms with van der Waals surface area (Å²) in [5.74, 6) is -0.190. The van der Waals surface area contributed by atoms with Gasteiger partial charge >= 0.3 is 0 Å². The van der Waals surface area contributed by atoms with E-state index in [4.69, 9.17) is 9.47 Å². The molecule has 0 radical (unpaired) electrons. The molecule has 0 bridgehead atoms. The number of rotatable bonds is 48. The van der Waals surface area contributed by atoms with Gasteiger partial charge < -0.3 is 40.3 Å². The fourth-order valence-corrected chi connectivity index (χ4v) is 8.75. The minimum atomic E-state index is -1.58. The second-order valence-electron chi connectivity index (χ2n) is 19.7. The van der Waals surface area contributed by atoms with Gasteiger partial charge in [-0.1, -0.05) is 229 Å². The van der Waals surface area contributed by atoms with Crippen molar-refractivity contribution in [3.05, 3.63) is 60.8 Å². The van der Waals surface area contributed by atoms with Crippen LogP contribution in [0.5, 0.6) is 0 Å². The molecule has 1 aliphatic heterocycles. The molecule has 1 fully saturated rings. The summed E-state index contributed by atoms with van der Waals surface area (Å²) in [6.45, 7) is 3.74. The molecule has 1 amide bonds. The molecule has 9 nitrogen and oxygen atoms in total. The van der Waals surface area contributed by atoms with Gasteiger partial charge in [-0.25, -0.2) is 0 Å². The fraction of sp³-hybridized carbons (Fsp3) is 0.814. The number of ether oxygens (including phenoxy) is 2. The average Bonchev–Trinajstić information content (AvgIpc) is 3.34. The van der Waals surface area contributed by atoms with Crippen LogP contribution >= 0.6 is 0 Å². The van der Waals surface area contributed by atoms with E-state index in [0.29, 0.717) is 6.42 Å². The van der Waals surface area contributed by atoms with Gasteiger partial charge in [0, 0.05) is 6.42 Å². The van der Waals surface area contributed by atoms with Crippen LogP contribution in [0.4, 0.5) is 0 Å². The van der Waals surface area contributed by atoms with Crippen molar-refractivity contribution >= 4 is 5.91 Å². The third-order valence-electron chi connectivity index (χ3n) is 13.3. The smallest absolute Gasteiger partial charge is 0.220 e. The standard InChI is InChI=1S/C59H107NO8/c1-3-5-7-9-11-13-15-17-19-21-22-23-24-25-26-27-28-29-30-31-32-33-35-37-39-41-43-45-47-49-55(63)60-52(51-67-59-58(66)57(65)56(64)54(50-61)68-59)53(62)48-46-44-42-40-38-36-34-20-18-16-14-12-10-8-6-4-2/h15,17-18,20-22,38,40,46,48,52-54,56-59,61-62,64-66H,3-14,16,19,23-37,39,41-45,47,49-51H2,1-2H3,(H,60,63)/b17-15-,20-18+,22-21-,40-38+,48-46+. The van der Waals surface area contributed by atoms with Gasteiger partial charge in [-0.15, -0.1) is 0 Å². The first-order valence-corrected chi connectivity index (χ1v) is 28.5. The van der Waals surface area contributed by atoms with Gasteiger partial charge in [0.1, 0.15) is 24.4 Å². The molecule has 1 aliphatic rings. The van der Waals surface area contributed by atoms with Crippen molar-refractivity contribution in [2.24, 2.45) is 0 Å². The number of nitrogens with one attached hydrogen (secondary N) is 1. The fourth-order valence-electron chi connectivity index (χ4n) is 8.75. The van der Waals surface area contributed by atoms with Crippen LogP contribution in [0.25, 0.3) is 0 Å². The van der Waals surface area contributed by atoms with Crippen molar-refractivity contribution in [3.8, 4) is 0 Å². The predicted octanol–water partition coefficient (Wildman–Crippen LogP) is 13.9. The SMILES string of the molecule is CCCCCCC/C=C\C/C=C\CCCCCCCCCCCCCCCCCCCC(=O)NC(COC1OC(CO)C(O)C(O)C1O)C(O)/C=C/CC/C=C/CC/C=C/CCCCCCCC. The highest BCUT2D eigenvalue weighted by Crippen LogP contribution is 2.23. The molecule has 0 aliphatic carbocycles. The highest BCUT2D eigenvalue weighted by molar-refractivity contribution is 5.76. The second-order valence-corrected chi connectivity index (χ2v) is 19.7.